The molecule has 2 rings (SSSR count). The van der Waals surface area contributed by atoms with Crippen molar-refractivity contribution in [2.24, 2.45) is 5.92 Å². The van der Waals surface area contributed by atoms with E-state index in [1.807, 2.05) is 48.5 Å². The minimum absolute atomic E-state index is 0.112. The fraction of sp³-hybridized carbons (Fsp3) is 0.316. The second-order valence-electron chi connectivity index (χ2n) is 5.42. The van der Waals surface area contributed by atoms with Gasteiger partial charge < -0.3 is 14.2 Å². The number of hydrogen-bond donors (Lipinski definition) is 0. The lowest BCUT2D eigenvalue weighted by molar-refractivity contribution is -0.148. The minimum atomic E-state index is -0.205. The van der Waals surface area contributed by atoms with E-state index in [2.05, 4.69) is 0 Å². The fourth-order valence-electron chi connectivity index (χ4n) is 2.00. The van der Waals surface area contributed by atoms with Crippen molar-refractivity contribution in [1.82, 2.24) is 0 Å². The molecule has 0 atom stereocenters. The summed E-state index contributed by atoms with van der Waals surface area (Å²) in [5.41, 5.74) is 2.22. The Labute approximate surface area is 137 Å². The number of carbonyl (C=O) groups is 1. The van der Waals surface area contributed by atoms with Crippen LogP contribution in [0.5, 0.6) is 11.5 Å². The van der Waals surface area contributed by atoms with Crippen molar-refractivity contribution in [3.63, 3.8) is 0 Å². The maximum Gasteiger partial charge on any atom is 0.308 e. The largest absolute Gasteiger partial charge is 0.497 e. The molecule has 0 N–H and O–H groups in total. The standard InChI is InChI=1S/C19H22O4/c1-14(2)19(20)23-13-12-22-18-10-6-16(7-11-18)15-4-8-17(21-3)9-5-15/h4-11,14H,12-13H2,1-3H3. The van der Waals surface area contributed by atoms with Gasteiger partial charge in [0.15, 0.2) is 0 Å². The molecule has 2 aromatic rings. The van der Waals surface area contributed by atoms with Crippen LogP contribution >= 0.6 is 0 Å². The van der Waals surface area contributed by atoms with Crippen LogP contribution in [0.3, 0.4) is 0 Å². The number of esters is 1. The highest BCUT2D eigenvalue weighted by molar-refractivity contribution is 5.71. The van der Waals surface area contributed by atoms with Gasteiger partial charge in [0.05, 0.1) is 13.0 Å². The van der Waals surface area contributed by atoms with Gasteiger partial charge in [0, 0.05) is 0 Å². The molecule has 0 bridgehead atoms. The highest BCUT2D eigenvalue weighted by Gasteiger charge is 2.07. The maximum atomic E-state index is 11.3. The molecule has 0 heterocycles. The van der Waals surface area contributed by atoms with E-state index in [0.717, 1.165) is 22.6 Å². The van der Waals surface area contributed by atoms with E-state index in [9.17, 15) is 4.79 Å². The number of methoxy groups -OCH3 is 1. The topological polar surface area (TPSA) is 44.8 Å². The van der Waals surface area contributed by atoms with Gasteiger partial charge in [-0.25, -0.2) is 0 Å². The second-order valence-corrected chi connectivity index (χ2v) is 5.42. The van der Waals surface area contributed by atoms with Crippen LogP contribution in [-0.2, 0) is 9.53 Å². The van der Waals surface area contributed by atoms with Crippen molar-refractivity contribution in [1.29, 1.82) is 0 Å². The van der Waals surface area contributed by atoms with Gasteiger partial charge in [-0.3, -0.25) is 4.79 Å². The summed E-state index contributed by atoms with van der Waals surface area (Å²) in [6.45, 7) is 4.22. The van der Waals surface area contributed by atoms with Crippen molar-refractivity contribution in [3.8, 4) is 22.6 Å². The van der Waals surface area contributed by atoms with Crippen LogP contribution in [-0.4, -0.2) is 26.3 Å². The van der Waals surface area contributed by atoms with Crippen LogP contribution < -0.4 is 9.47 Å². The first kappa shape index (κ1) is 16.9. The molecule has 0 aromatic heterocycles. The Morgan fingerprint density at radius 1 is 0.870 bits per heavy atom. The van der Waals surface area contributed by atoms with Crippen molar-refractivity contribution in [3.05, 3.63) is 48.5 Å². The summed E-state index contributed by atoms with van der Waals surface area (Å²) in [5, 5.41) is 0. The zero-order valence-corrected chi connectivity index (χ0v) is 13.7. The lowest BCUT2D eigenvalue weighted by atomic mass is 10.1. The van der Waals surface area contributed by atoms with Crippen LogP contribution in [0.25, 0.3) is 11.1 Å². The third kappa shape index (κ3) is 5.02. The van der Waals surface area contributed by atoms with E-state index < -0.39 is 0 Å². The van der Waals surface area contributed by atoms with E-state index >= 15 is 0 Å². The Kier molecular flexibility index (Phi) is 6.03. The van der Waals surface area contributed by atoms with Gasteiger partial charge in [0.2, 0.25) is 0 Å². The Balaban J connectivity index is 1.85. The molecule has 4 nitrogen and oxygen atoms in total. The minimum Gasteiger partial charge on any atom is -0.497 e. The zero-order valence-electron chi connectivity index (χ0n) is 13.7. The summed E-state index contributed by atoms with van der Waals surface area (Å²) < 4.78 is 15.8. The predicted molar refractivity (Wildman–Crippen MR) is 89.7 cm³/mol. The summed E-state index contributed by atoms with van der Waals surface area (Å²) in [6, 6.07) is 15.7. The summed E-state index contributed by atoms with van der Waals surface area (Å²) in [7, 11) is 1.65. The smallest absolute Gasteiger partial charge is 0.308 e. The fourth-order valence-corrected chi connectivity index (χ4v) is 2.00. The average Bonchev–Trinajstić information content (AvgIpc) is 2.59. The molecule has 0 aliphatic heterocycles. The average molecular weight is 314 g/mol. The molecule has 0 saturated carbocycles. The van der Waals surface area contributed by atoms with Gasteiger partial charge in [-0.05, 0) is 35.4 Å². The van der Waals surface area contributed by atoms with E-state index in [1.54, 1.807) is 21.0 Å². The van der Waals surface area contributed by atoms with Crippen molar-refractivity contribution in [2.45, 2.75) is 13.8 Å². The second kappa shape index (κ2) is 8.22. The summed E-state index contributed by atoms with van der Waals surface area (Å²) in [4.78, 5) is 11.3. The Morgan fingerprint density at radius 2 is 1.39 bits per heavy atom. The number of hydrogen-bond acceptors (Lipinski definition) is 4. The first-order chi connectivity index (χ1) is 11.1. The van der Waals surface area contributed by atoms with E-state index in [1.165, 1.54) is 0 Å². The summed E-state index contributed by atoms with van der Waals surface area (Å²) >= 11 is 0. The van der Waals surface area contributed by atoms with Gasteiger partial charge in [-0.1, -0.05) is 38.1 Å². The van der Waals surface area contributed by atoms with Gasteiger partial charge in [-0.2, -0.15) is 0 Å². The molecule has 0 amide bonds. The lowest BCUT2D eigenvalue weighted by Gasteiger charge is -2.09. The molecule has 0 radical (unpaired) electrons. The number of rotatable bonds is 7. The van der Waals surface area contributed by atoms with E-state index in [0.29, 0.717) is 6.61 Å². The van der Waals surface area contributed by atoms with Gasteiger partial charge >= 0.3 is 5.97 Å². The number of benzene rings is 2. The van der Waals surface area contributed by atoms with Crippen molar-refractivity contribution < 1.29 is 19.0 Å². The van der Waals surface area contributed by atoms with Crippen LogP contribution in [0.4, 0.5) is 0 Å². The number of ether oxygens (including phenoxy) is 3. The summed E-state index contributed by atoms with van der Waals surface area (Å²) in [6.07, 6.45) is 0. The van der Waals surface area contributed by atoms with Gasteiger partial charge in [-0.15, -0.1) is 0 Å². The molecule has 0 fully saturated rings. The maximum absolute atomic E-state index is 11.3. The highest BCUT2D eigenvalue weighted by atomic mass is 16.6. The predicted octanol–water partition coefficient (Wildman–Crippen LogP) is 3.94. The van der Waals surface area contributed by atoms with E-state index in [4.69, 9.17) is 14.2 Å². The van der Waals surface area contributed by atoms with Crippen molar-refractivity contribution in [2.75, 3.05) is 20.3 Å². The molecular formula is C19H22O4. The molecule has 122 valence electrons. The normalized spacial score (nSPS) is 10.4. The first-order valence-corrected chi connectivity index (χ1v) is 7.64. The Bertz CT molecular complexity index is 615. The molecule has 4 heteroatoms. The molecule has 23 heavy (non-hydrogen) atoms. The molecule has 0 saturated heterocycles. The molecule has 0 unspecified atom stereocenters. The van der Waals surface area contributed by atoms with Crippen LogP contribution in [0.15, 0.2) is 48.5 Å². The molecule has 0 aliphatic carbocycles. The van der Waals surface area contributed by atoms with Crippen molar-refractivity contribution >= 4 is 5.97 Å². The SMILES string of the molecule is COc1ccc(-c2ccc(OCCOC(=O)C(C)C)cc2)cc1. The zero-order chi connectivity index (χ0) is 16.7. The first-order valence-electron chi connectivity index (χ1n) is 7.64. The van der Waals surface area contributed by atoms with Crippen LogP contribution in [0.2, 0.25) is 0 Å². The van der Waals surface area contributed by atoms with Crippen LogP contribution in [0.1, 0.15) is 13.8 Å². The molecule has 0 aliphatic rings. The quantitative estimate of drug-likeness (QED) is 0.573. The lowest BCUT2D eigenvalue weighted by Crippen LogP contribution is -2.16. The van der Waals surface area contributed by atoms with E-state index in [-0.39, 0.29) is 18.5 Å². The third-order valence-corrected chi connectivity index (χ3v) is 3.35. The summed E-state index contributed by atoms with van der Waals surface area (Å²) in [5.74, 6) is 1.27. The molecular weight excluding hydrogens is 292 g/mol. The monoisotopic (exact) mass is 314 g/mol. The van der Waals surface area contributed by atoms with Gasteiger partial charge in [0.1, 0.15) is 24.7 Å². The van der Waals surface area contributed by atoms with Gasteiger partial charge in [0.25, 0.3) is 0 Å². The highest BCUT2D eigenvalue weighted by Crippen LogP contribution is 2.24. The third-order valence-electron chi connectivity index (χ3n) is 3.35. The number of carbonyl (C=O) groups excluding carboxylic acids is 1. The Morgan fingerprint density at radius 3 is 1.87 bits per heavy atom. The molecule has 0 spiro atoms. The molecule has 2 aromatic carbocycles. The van der Waals surface area contributed by atoms with Crippen LogP contribution in [0, 0.1) is 5.92 Å². The Hall–Kier alpha value is -2.49.